The van der Waals surface area contributed by atoms with Crippen molar-refractivity contribution in [2.24, 2.45) is 14.1 Å². The summed E-state index contributed by atoms with van der Waals surface area (Å²) in [4.78, 5) is 0. The third kappa shape index (κ3) is 8.14. The second-order valence-electron chi connectivity index (χ2n) is 30.4. The molecule has 1 aromatic carbocycles. The molecule has 8 aromatic heterocycles. The van der Waals surface area contributed by atoms with Gasteiger partial charge in [0.2, 0.25) is 0 Å². The van der Waals surface area contributed by atoms with Gasteiger partial charge in [-0.3, -0.25) is 0 Å². The third-order valence-corrected chi connectivity index (χ3v) is 23.2. The highest BCUT2D eigenvalue weighted by molar-refractivity contribution is 5.83. The molecule has 0 spiro atoms. The molecule has 9 aromatic rings. The van der Waals surface area contributed by atoms with Crippen molar-refractivity contribution >= 4 is 27.7 Å². The van der Waals surface area contributed by atoms with Crippen LogP contribution in [0.4, 0.5) is 0 Å². The Bertz CT molecular complexity index is 3980. The highest BCUT2D eigenvalue weighted by Gasteiger charge is 2.51. The Morgan fingerprint density at radius 2 is 0.726 bits per heavy atom. The summed E-state index contributed by atoms with van der Waals surface area (Å²) >= 11 is 0. The minimum Gasteiger partial charge on any atom is -0.234 e. The lowest BCUT2D eigenvalue weighted by Gasteiger charge is -2.32. The maximum atomic E-state index is 2.54. The van der Waals surface area contributed by atoms with E-state index >= 15 is 0 Å². The van der Waals surface area contributed by atoms with Gasteiger partial charge in [0.15, 0.2) is 39.1 Å². The van der Waals surface area contributed by atoms with Crippen LogP contribution in [-0.4, -0.2) is 22.3 Å². The van der Waals surface area contributed by atoms with Crippen LogP contribution in [-0.2, 0) is 73.9 Å². The van der Waals surface area contributed by atoms with E-state index in [1.54, 1.807) is 0 Å². The summed E-state index contributed by atoms with van der Waals surface area (Å²) in [5, 5.41) is 0. The number of fused-ring (bicyclic) bond motifs is 13. The van der Waals surface area contributed by atoms with Crippen molar-refractivity contribution in [1.29, 1.82) is 0 Å². The van der Waals surface area contributed by atoms with E-state index in [1.165, 1.54) is 207 Å². The summed E-state index contributed by atoms with van der Waals surface area (Å²) in [6.07, 6.45) is 5.95. The van der Waals surface area contributed by atoms with E-state index in [4.69, 9.17) is 0 Å². The number of benzene rings is 1. The molecule has 5 aliphatic rings. The van der Waals surface area contributed by atoms with Gasteiger partial charge in [-0.1, -0.05) is 0 Å². The summed E-state index contributed by atoms with van der Waals surface area (Å²) in [5.74, 6) is 5.68. The van der Waals surface area contributed by atoms with Crippen molar-refractivity contribution in [3.63, 3.8) is 0 Å². The van der Waals surface area contributed by atoms with Crippen LogP contribution in [0.1, 0.15) is 216 Å². The van der Waals surface area contributed by atoms with Gasteiger partial charge in [-0.2, -0.15) is 13.2 Å². The minimum absolute atomic E-state index is 0.272. The first-order chi connectivity index (χ1) is 38.5. The molecule has 0 atom stereocenters. The van der Waals surface area contributed by atoms with Gasteiger partial charge in [-0.25, -0.2) is 32.0 Å². The molecule has 10 nitrogen and oxygen atoms in total. The van der Waals surface area contributed by atoms with Crippen molar-refractivity contribution in [2.75, 3.05) is 0 Å². The minimum atomic E-state index is 0.272. The van der Waals surface area contributed by atoms with Crippen LogP contribution in [0.15, 0.2) is 0 Å². The van der Waals surface area contributed by atoms with Crippen molar-refractivity contribution in [3.8, 4) is 0 Å². The van der Waals surface area contributed by atoms with E-state index in [9.17, 15) is 0 Å². The van der Waals surface area contributed by atoms with E-state index < -0.39 is 0 Å². The first-order valence-electron chi connectivity index (χ1n) is 31.7. The zero-order chi connectivity index (χ0) is 62.7. The van der Waals surface area contributed by atoms with Crippen LogP contribution < -0.4 is 22.8 Å². The zero-order valence-electron chi connectivity index (χ0n) is 59.0. The number of nitrogens with zero attached hydrogens (tertiary/aromatic N) is 10. The Kier molecular flexibility index (Phi) is 14.0. The first-order valence-corrected chi connectivity index (χ1v) is 31.7. The molecule has 0 bridgehead atoms. The maximum Gasteiger partial charge on any atom is 0.290 e. The lowest BCUT2D eigenvalue weighted by atomic mass is 9.88. The number of rotatable bonds is 0. The van der Waals surface area contributed by atoms with Crippen molar-refractivity contribution in [1.82, 2.24) is 22.3 Å². The van der Waals surface area contributed by atoms with E-state index in [1.807, 2.05) is 0 Å². The molecule has 84 heavy (non-hydrogen) atoms. The van der Waals surface area contributed by atoms with Crippen LogP contribution >= 0.6 is 0 Å². The van der Waals surface area contributed by atoms with E-state index in [0.717, 1.165) is 0 Å². The second kappa shape index (κ2) is 19.2. The van der Waals surface area contributed by atoms with Gasteiger partial charge in [-0.15, -0.1) is 0 Å². The van der Waals surface area contributed by atoms with Gasteiger partial charge in [0.25, 0.3) is 28.9 Å². The predicted octanol–water partition coefficient (Wildman–Crippen LogP) is 13.4. The van der Waals surface area contributed by atoms with Gasteiger partial charge in [0.1, 0.15) is 61.9 Å². The lowest BCUT2D eigenvalue weighted by Crippen LogP contribution is -2.66. The molecule has 0 saturated heterocycles. The Labute approximate surface area is 505 Å². The number of hydrogen-bond donors (Lipinski definition) is 0. The summed E-state index contributed by atoms with van der Waals surface area (Å²) in [7, 11) is 4.36. The monoisotopic (exact) mass is 1140 g/mol. The Morgan fingerprint density at radius 1 is 0.321 bits per heavy atom. The van der Waals surface area contributed by atoms with Crippen molar-refractivity contribution in [2.45, 2.75) is 274 Å². The highest BCUT2D eigenvalue weighted by Crippen LogP contribution is 2.41. The largest absolute Gasteiger partial charge is 0.290 e. The quantitative estimate of drug-likeness (QED) is 0.136. The Hall–Kier alpha value is -6.03. The molecule has 10 heteroatoms. The normalized spacial score (nSPS) is 17.1. The molecule has 450 valence electrons. The molecular formula is C74H109N10+5. The summed E-state index contributed by atoms with van der Waals surface area (Å²) in [6.45, 7) is 70.5. The van der Waals surface area contributed by atoms with Gasteiger partial charge < -0.3 is 0 Å². The molecule has 0 saturated carbocycles. The predicted molar refractivity (Wildman–Crippen MR) is 346 cm³/mol. The number of aryl methyl sites for hydroxylation is 12. The lowest BCUT2D eigenvalue weighted by molar-refractivity contribution is -0.807. The van der Waals surface area contributed by atoms with Crippen molar-refractivity contribution < 1.29 is 22.8 Å². The fourth-order valence-corrected chi connectivity index (χ4v) is 17.0. The SMILES string of the molecule is Cc1c(C)c(C)c2c(c1C)n1c([n+]2C)CC1(C)C.Cc1c(C)c(C)n2c(C)[n+]3c(c2c1C)CC3(C)C.Cc1c(C)c(C)n2c(C)c3[n+](c2c1C)C(C)(C)C3.Cc1c(C)c(C)n2c3[n+](c(C)c2c1C)C(C)(C)C3.Cc1c2[n+](c(C)n1C)C(C)(C)C2. The summed E-state index contributed by atoms with van der Waals surface area (Å²) in [5.41, 5.74) is 40.3. The molecule has 0 unspecified atom stereocenters. The summed E-state index contributed by atoms with van der Waals surface area (Å²) in [6, 6.07) is 0. The van der Waals surface area contributed by atoms with Gasteiger partial charge in [-0.05, 0) is 225 Å². The number of aromatic nitrogens is 10. The smallest absolute Gasteiger partial charge is 0.234 e. The fraction of sp³-hybridized carbons (Fsp3) is 0.581. The van der Waals surface area contributed by atoms with Gasteiger partial charge in [0.05, 0.1) is 46.2 Å². The molecule has 13 heterocycles. The molecule has 0 aliphatic carbocycles. The van der Waals surface area contributed by atoms with E-state index in [2.05, 4.69) is 274 Å². The van der Waals surface area contributed by atoms with Crippen LogP contribution in [0.2, 0.25) is 0 Å². The van der Waals surface area contributed by atoms with Crippen LogP contribution in [0, 0.1) is 145 Å². The molecule has 14 rings (SSSR count). The number of imidazole rings is 5. The van der Waals surface area contributed by atoms with Crippen LogP contribution in [0.5, 0.6) is 0 Å². The van der Waals surface area contributed by atoms with Gasteiger partial charge >= 0.3 is 0 Å². The fourth-order valence-electron chi connectivity index (χ4n) is 17.0. The second-order valence-corrected chi connectivity index (χ2v) is 30.4. The Morgan fingerprint density at radius 3 is 1.20 bits per heavy atom. The number of pyridine rings is 3. The third-order valence-electron chi connectivity index (χ3n) is 23.2. The molecule has 0 amide bonds. The first kappa shape index (κ1) is 61.1. The van der Waals surface area contributed by atoms with Crippen LogP contribution in [0.25, 0.3) is 27.7 Å². The van der Waals surface area contributed by atoms with E-state index in [-0.39, 0.29) is 22.2 Å². The number of hydrogen-bond acceptors (Lipinski definition) is 0. The molecule has 5 aliphatic heterocycles. The molecule has 0 radical (unpaired) electrons. The summed E-state index contributed by atoms with van der Waals surface area (Å²) < 4.78 is 24.6. The average molecular weight is 1140 g/mol. The average Bonchev–Trinajstić information content (AvgIpc) is 1.67. The van der Waals surface area contributed by atoms with Crippen LogP contribution in [0.3, 0.4) is 0 Å². The van der Waals surface area contributed by atoms with Gasteiger partial charge in [0, 0.05) is 62.4 Å². The standard InChI is InChI=1S/4C16H23N2.C10H17N2/c1-9-10(2)12(4)15-14(11(9)3)17(7)13-8-16(5,6)18(13)15;1-9-10(2)12(4)17-13(5)18-14(8-16(18,6)7)15(17)11(9)3;1-9-10(2)12(4)17-14-8-16(6,7)18(14)13(5)15(17)11(9)3;1-9-10(2)12(4)17-13(5)14-8-16(6,7)18(14)15(17)11(9)3;1-7-9-6-10(3,4)12(9)8(2)11(7)5/h4*8H2,1-7H3;6H2,1-5H3/q5*+1. The highest BCUT2D eigenvalue weighted by atomic mass is 15.3. The van der Waals surface area contributed by atoms with E-state index in [0.29, 0.717) is 5.54 Å². The molecule has 0 fully saturated rings. The molecular weight excluding hydrogens is 1030 g/mol. The Balaban J connectivity index is 0.000000118. The maximum absolute atomic E-state index is 2.54. The van der Waals surface area contributed by atoms with Crippen molar-refractivity contribution in [3.05, 3.63) is 147 Å². The topological polar surface area (TPSA) is 42.5 Å². The molecule has 0 N–H and O–H groups in total. The zero-order valence-corrected chi connectivity index (χ0v) is 59.0.